The third-order valence-corrected chi connectivity index (χ3v) is 5.14. The summed E-state index contributed by atoms with van der Waals surface area (Å²) >= 11 is 5.06. The molecule has 25 heavy (non-hydrogen) atoms. The predicted octanol–water partition coefficient (Wildman–Crippen LogP) is 4.76. The first kappa shape index (κ1) is 16.0. The van der Waals surface area contributed by atoms with Crippen molar-refractivity contribution in [2.75, 3.05) is 16.5 Å². The number of hydrazone groups is 1. The van der Waals surface area contributed by atoms with Gasteiger partial charge in [0.15, 0.2) is 0 Å². The molecule has 0 N–H and O–H groups in total. The van der Waals surface area contributed by atoms with Crippen LogP contribution in [0.4, 0.5) is 16.2 Å². The molecule has 0 saturated carbocycles. The highest BCUT2D eigenvalue weighted by Gasteiger charge is 2.32. The van der Waals surface area contributed by atoms with Gasteiger partial charge in [-0.3, -0.25) is 9.88 Å². The summed E-state index contributed by atoms with van der Waals surface area (Å²) in [5.74, 6) is 0. The van der Waals surface area contributed by atoms with Crippen LogP contribution in [0, 0.1) is 0 Å². The lowest BCUT2D eigenvalue weighted by Gasteiger charge is -2.32. The fourth-order valence-electron chi connectivity index (χ4n) is 2.59. The zero-order valence-corrected chi connectivity index (χ0v) is 15.4. The molecule has 0 unspecified atom stereocenters. The number of carbonyl (C=O) groups excluding carboxylic acids is 1. The number of nitrogens with zero attached hydrogens (tertiary/aromatic N) is 4. The van der Waals surface area contributed by atoms with E-state index in [-0.39, 0.29) is 6.03 Å². The number of pyridine rings is 1. The molecule has 2 amide bonds. The molecule has 0 aliphatic carbocycles. The van der Waals surface area contributed by atoms with Crippen LogP contribution in [-0.2, 0) is 0 Å². The summed E-state index contributed by atoms with van der Waals surface area (Å²) in [6, 6.07) is 15.0. The van der Waals surface area contributed by atoms with Crippen LogP contribution in [0.5, 0.6) is 0 Å². The third-order valence-electron chi connectivity index (χ3n) is 3.80. The number of hydrogen-bond donors (Lipinski definition) is 0. The minimum atomic E-state index is -0.190. The largest absolute Gasteiger partial charge is 0.350 e. The highest BCUT2D eigenvalue weighted by Crippen LogP contribution is 2.31. The molecule has 5 nitrogen and oxygen atoms in total. The zero-order chi connectivity index (χ0) is 17.2. The molecular weight excluding hydrogens is 400 g/mol. The van der Waals surface area contributed by atoms with Gasteiger partial charge < -0.3 is 0 Å². The van der Waals surface area contributed by atoms with E-state index in [1.165, 1.54) is 5.01 Å². The molecule has 0 saturated heterocycles. The molecule has 1 aliphatic heterocycles. The number of urea groups is 1. The van der Waals surface area contributed by atoms with E-state index in [1.807, 2.05) is 59.3 Å². The van der Waals surface area contributed by atoms with Crippen molar-refractivity contribution >= 4 is 50.4 Å². The minimum absolute atomic E-state index is 0.190. The quantitative estimate of drug-likeness (QED) is 0.622. The SMILES string of the molecule is O=C1N(c2ccsc2)CC(c2ccccn2)=NN1c1ccccc1Br. The van der Waals surface area contributed by atoms with E-state index < -0.39 is 0 Å². The predicted molar refractivity (Wildman–Crippen MR) is 104 cm³/mol. The second-order valence-corrected chi connectivity index (χ2v) is 7.01. The van der Waals surface area contributed by atoms with Gasteiger partial charge in [-0.2, -0.15) is 21.4 Å². The highest BCUT2D eigenvalue weighted by molar-refractivity contribution is 9.10. The Morgan fingerprint density at radius 2 is 1.92 bits per heavy atom. The van der Waals surface area contributed by atoms with Crippen molar-refractivity contribution in [1.82, 2.24) is 4.98 Å². The summed E-state index contributed by atoms with van der Waals surface area (Å²) in [6.45, 7) is 0.382. The lowest BCUT2D eigenvalue weighted by molar-refractivity contribution is 0.251. The number of halogens is 1. The van der Waals surface area contributed by atoms with Crippen molar-refractivity contribution in [2.45, 2.75) is 0 Å². The Kier molecular flexibility index (Phi) is 4.33. The maximum atomic E-state index is 13.1. The van der Waals surface area contributed by atoms with Crippen LogP contribution in [0.2, 0.25) is 0 Å². The van der Waals surface area contributed by atoms with Crippen LogP contribution in [0.25, 0.3) is 0 Å². The summed E-state index contributed by atoms with van der Waals surface area (Å²) in [5.41, 5.74) is 3.05. The smallest absolute Gasteiger partial charge is 0.286 e. The molecule has 7 heteroatoms. The first-order valence-corrected chi connectivity index (χ1v) is 9.35. The molecule has 1 aliphatic rings. The topological polar surface area (TPSA) is 48.8 Å². The van der Waals surface area contributed by atoms with Crippen molar-refractivity contribution in [3.63, 3.8) is 0 Å². The Bertz CT molecular complexity index is 927. The van der Waals surface area contributed by atoms with Crippen LogP contribution in [0.3, 0.4) is 0 Å². The van der Waals surface area contributed by atoms with Crippen molar-refractivity contribution in [2.24, 2.45) is 5.10 Å². The molecule has 0 spiro atoms. The van der Waals surface area contributed by atoms with E-state index in [0.717, 1.165) is 21.6 Å². The van der Waals surface area contributed by atoms with E-state index in [1.54, 1.807) is 22.4 Å². The fraction of sp³-hybridized carbons (Fsp3) is 0.0556. The first-order valence-electron chi connectivity index (χ1n) is 7.61. The average molecular weight is 413 g/mol. The Labute approximate surface area is 157 Å². The molecule has 0 radical (unpaired) electrons. The van der Waals surface area contributed by atoms with Crippen molar-refractivity contribution in [3.05, 3.63) is 75.7 Å². The number of benzene rings is 1. The van der Waals surface area contributed by atoms with Crippen molar-refractivity contribution in [3.8, 4) is 0 Å². The summed E-state index contributed by atoms with van der Waals surface area (Å²) < 4.78 is 0.805. The molecule has 2 aromatic heterocycles. The zero-order valence-electron chi connectivity index (χ0n) is 13.0. The van der Waals surface area contributed by atoms with Gasteiger partial charge in [0.1, 0.15) is 5.71 Å². The van der Waals surface area contributed by atoms with E-state index in [4.69, 9.17) is 0 Å². The maximum absolute atomic E-state index is 13.1. The number of amides is 2. The number of hydrogen-bond acceptors (Lipinski definition) is 4. The van der Waals surface area contributed by atoms with Crippen molar-refractivity contribution in [1.29, 1.82) is 0 Å². The average Bonchev–Trinajstić information content (AvgIpc) is 3.18. The number of thiophene rings is 1. The molecule has 124 valence electrons. The molecule has 1 aromatic carbocycles. The van der Waals surface area contributed by atoms with Gasteiger partial charge in [-0.05, 0) is 51.6 Å². The second-order valence-electron chi connectivity index (χ2n) is 5.38. The molecule has 0 bridgehead atoms. The van der Waals surface area contributed by atoms with Crippen LogP contribution in [0.1, 0.15) is 5.69 Å². The van der Waals surface area contributed by atoms with Gasteiger partial charge in [0, 0.05) is 16.0 Å². The third kappa shape index (κ3) is 3.08. The molecule has 4 rings (SSSR count). The van der Waals surface area contributed by atoms with Gasteiger partial charge in [-0.1, -0.05) is 18.2 Å². The Hall–Kier alpha value is -2.51. The van der Waals surface area contributed by atoms with E-state index in [2.05, 4.69) is 26.0 Å². The standard InChI is InChI=1S/C18H13BrN4OS/c19-14-5-1-2-7-17(14)23-18(24)22(13-8-10-25-12-13)11-16(21-23)15-6-3-4-9-20-15/h1-10,12H,11H2. The number of aromatic nitrogens is 1. The Balaban J connectivity index is 1.83. The van der Waals surface area contributed by atoms with Gasteiger partial charge in [0.2, 0.25) is 0 Å². The molecular formula is C18H13BrN4OS. The molecule has 0 fully saturated rings. The van der Waals surface area contributed by atoms with Gasteiger partial charge in [0.05, 0.1) is 23.6 Å². The number of rotatable bonds is 3. The van der Waals surface area contributed by atoms with Crippen LogP contribution in [-0.4, -0.2) is 23.3 Å². The number of anilines is 2. The summed E-state index contributed by atoms with van der Waals surface area (Å²) in [7, 11) is 0. The van der Waals surface area contributed by atoms with Crippen LogP contribution >= 0.6 is 27.3 Å². The lowest BCUT2D eigenvalue weighted by Crippen LogP contribution is -2.49. The van der Waals surface area contributed by atoms with Gasteiger partial charge >= 0.3 is 6.03 Å². The van der Waals surface area contributed by atoms with Gasteiger partial charge in [-0.25, -0.2) is 4.79 Å². The minimum Gasteiger partial charge on any atom is -0.286 e. The molecule has 0 atom stereocenters. The summed E-state index contributed by atoms with van der Waals surface area (Å²) in [5, 5.41) is 9.93. The van der Waals surface area contributed by atoms with Crippen LogP contribution in [0.15, 0.2) is 75.1 Å². The number of carbonyl (C=O) groups is 1. The summed E-state index contributed by atoms with van der Waals surface area (Å²) in [6.07, 6.45) is 1.73. The fourth-order valence-corrected chi connectivity index (χ4v) is 3.68. The summed E-state index contributed by atoms with van der Waals surface area (Å²) in [4.78, 5) is 19.2. The van der Waals surface area contributed by atoms with E-state index >= 15 is 0 Å². The van der Waals surface area contributed by atoms with Gasteiger partial charge in [0.25, 0.3) is 0 Å². The van der Waals surface area contributed by atoms with Gasteiger partial charge in [-0.15, -0.1) is 0 Å². The Morgan fingerprint density at radius 3 is 2.64 bits per heavy atom. The first-order chi connectivity index (χ1) is 12.2. The second kappa shape index (κ2) is 6.78. The van der Waals surface area contributed by atoms with E-state index in [0.29, 0.717) is 12.2 Å². The van der Waals surface area contributed by atoms with E-state index in [9.17, 15) is 4.79 Å². The van der Waals surface area contributed by atoms with Crippen molar-refractivity contribution < 1.29 is 4.79 Å². The van der Waals surface area contributed by atoms with Crippen LogP contribution < -0.4 is 9.91 Å². The highest BCUT2D eigenvalue weighted by atomic mass is 79.9. The normalized spacial score (nSPS) is 14.6. The molecule has 3 heterocycles. The monoisotopic (exact) mass is 412 g/mol. The maximum Gasteiger partial charge on any atom is 0.350 e. The lowest BCUT2D eigenvalue weighted by atomic mass is 10.2. The Morgan fingerprint density at radius 1 is 1.08 bits per heavy atom. The number of para-hydroxylation sites is 1. The molecule has 3 aromatic rings.